The fraction of sp³-hybridized carbons (Fsp3) is 0.188. The lowest BCUT2D eigenvalue weighted by Gasteiger charge is -2.20. The fourth-order valence-corrected chi connectivity index (χ4v) is 2.90. The summed E-state index contributed by atoms with van der Waals surface area (Å²) in [6.07, 6.45) is 5.02. The van der Waals surface area contributed by atoms with Crippen molar-refractivity contribution < 1.29 is 4.39 Å². The molecule has 0 radical (unpaired) electrons. The lowest BCUT2D eigenvalue weighted by Crippen LogP contribution is -2.15. The molecule has 3 aromatic rings. The number of aryl methyl sites for hydroxylation is 3. The Balaban J connectivity index is 1.93. The Bertz CT molecular complexity index is 824. The van der Waals surface area contributed by atoms with Crippen molar-refractivity contribution in [2.24, 2.45) is 0 Å². The molecule has 0 amide bonds. The van der Waals surface area contributed by atoms with E-state index in [0.717, 1.165) is 41.2 Å². The summed E-state index contributed by atoms with van der Waals surface area (Å²) in [7, 11) is 0. The van der Waals surface area contributed by atoms with Gasteiger partial charge in [-0.2, -0.15) is 0 Å². The van der Waals surface area contributed by atoms with E-state index in [1.807, 2.05) is 29.7 Å². The van der Waals surface area contributed by atoms with Gasteiger partial charge < -0.3 is 0 Å². The largest absolute Gasteiger partial charge is 0.280 e. The molecule has 21 heavy (non-hydrogen) atoms. The Labute approximate surface area is 121 Å². The number of hydrogen-bond donors (Lipinski definition) is 0. The predicted octanol–water partition coefficient (Wildman–Crippen LogP) is 2.88. The molecular formula is C16H13FN4. The summed E-state index contributed by atoms with van der Waals surface area (Å²) in [6, 6.07) is 7.39. The molecule has 0 N–H and O–H groups in total. The summed E-state index contributed by atoms with van der Waals surface area (Å²) in [6.45, 7) is 1.85. The first kappa shape index (κ1) is 12.2. The van der Waals surface area contributed by atoms with E-state index in [2.05, 4.69) is 15.2 Å². The van der Waals surface area contributed by atoms with Crippen LogP contribution in [-0.2, 0) is 12.8 Å². The molecule has 5 heteroatoms. The summed E-state index contributed by atoms with van der Waals surface area (Å²) in [5.41, 5.74) is 3.36. The molecule has 4 rings (SSSR count). The van der Waals surface area contributed by atoms with Gasteiger partial charge in [-0.25, -0.2) is 4.39 Å². The highest BCUT2D eigenvalue weighted by molar-refractivity contribution is 5.66. The van der Waals surface area contributed by atoms with E-state index < -0.39 is 0 Å². The third-order valence-corrected chi connectivity index (χ3v) is 3.87. The van der Waals surface area contributed by atoms with Gasteiger partial charge in [-0.15, -0.1) is 10.2 Å². The van der Waals surface area contributed by atoms with E-state index in [0.29, 0.717) is 5.69 Å². The van der Waals surface area contributed by atoms with Crippen LogP contribution in [0.1, 0.15) is 17.2 Å². The van der Waals surface area contributed by atoms with Gasteiger partial charge in [0.15, 0.2) is 0 Å². The third kappa shape index (κ3) is 1.85. The van der Waals surface area contributed by atoms with Crippen molar-refractivity contribution in [2.75, 3.05) is 0 Å². The van der Waals surface area contributed by atoms with Crippen LogP contribution in [0.15, 0.2) is 36.7 Å². The van der Waals surface area contributed by atoms with E-state index in [1.54, 1.807) is 18.5 Å². The van der Waals surface area contributed by atoms with Gasteiger partial charge in [0.1, 0.15) is 17.5 Å². The van der Waals surface area contributed by atoms with Gasteiger partial charge in [0.2, 0.25) is 0 Å². The molecule has 3 heterocycles. The van der Waals surface area contributed by atoms with Crippen LogP contribution in [0.5, 0.6) is 0 Å². The van der Waals surface area contributed by atoms with E-state index in [1.165, 1.54) is 0 Å². The summed E-state index contributed by atoms with van der Waals surface area (Å²) in [5.74, 6) is 1.31. The zero-order chi connectivity index (χ0) is 14.4. The minimum Gasteiger partial charge on any atom is -0.280 e. The van der Waals surface area contributed by atoms with Crippen LogP contribution < -0.4 is 0 Å². The maximum atomic E-state index is 14.7. The Morgan fingerprint density at radius 1 is 1.14 bits per heavy atom. The smallest absolute Gasteiger partial charge is 0.148 e. The summed E-state index contributed by atoms with van der Waals surface area (Å²) >= 11 is 0. The molecule has 0 aliphatic carbocycles. The molecule has 0 spiro atoms. The first-order valence-corrected chi connectivity index (χ1v) is 6.88. The van der Waals surface area contributed by atoms with Crippen LogP contribution in [-0.4, -0.2) is 19.7 Å². The van der Waals surface area contributed by atoms with Gasteiger partial charge in [-0.05, 0) is 42.7 Å². The molecular weight excluding hydrogens is 267 g/mol. The first-order chi connectivity index (χ1) is 10.2. The van der Waals surface area contributed by atoms with Gasteiger partial charge >= 0.3 is 0 Å². The lowest BCUT2D eigenvalue weighted by atomic mass is 9.97. The van der Waals surface area contributed by atoms with Gasteiger partial charge in [0, 0.05) is 24.4 Å². The number of benzene rings is 1. The molecule has 0 bridgehead atoms. The highest BCUT2D eigenvalue weighted by atomic mass is 19.1. The molecule has 104 valence electrons. The Hall–Kier alpha value is -2.56. The number of fused-ring (bicyclic) bond motifs is 3. The molecule has 4 nitrogen and oxygen atoms in total. The topological polar surface area (TPSA) is 43.6 Å². The zero-order valence-electron chi connectivity index (χ0n) is 11.5. The van der Waals surface area contributed by atoms with Crippen LogP contribution in [0.25, 0.3) is 16.8 Å². The fourth-order valence-electron chi connectivity index (χ4n) is 2.90. The maximum Gasteiger partial charge on any atom is 0.148 e. The third-order valence-electron chi connectivity index (χ3n) is 3.87. The summed E-state index contributed by atoms with van der Waals surface area (Å²) in [5, 5.41) is 8.17. The van der Waals surface area contributed by atoms with Crippen LogP contribution >= 0.6 is 0 Å². The van der Waals surface area contributed by atoms with Crippen LogP contribution in [0.4, 0.5) is 4.39 Å². The van der Waals surface area contributed by atoms with Gasteiger partial charge in [0.25, 0.3) is 0 Å². The van der Waals surface area contributed by atoms with Crippen molar-refractivity contribution in [3.05, 3.63) is 59.7 Å². The number of halogens is 1. The highest BCUT2D eigenvalue weighted by Crippen LogP contribution is 2.31. The number of aromatic nitrogens is 4. The molecule has 1 aliphatic heterocycles. The molecule has 1 aromatic carbocycles. The van der Waals surface area contributed by atoms with Crippen molar-refractivity contribution in [3.8, 4) is 16.8 Å². The van der Waals surface area contributed by atoms with Crippen molar-refractivity contribution in [2.45, 2.75) is 19.8 Å². The van der Waals surface area contributed by atoms with Crippen LogP contribution in [0.3, 0.4) is 0 Å². The monoisotopic (exact) mass is 280 g/mol. The van der Waals surface area contributed by atoms with E-state index in [4.69, 9.17) is 0 Å². The Morgan fingerprint density at radius 3 is 2.86 bits per heavy atom. The zero-order valence-corrected chi connectivity index (χ0v) is 11.5. The SMILES string of the molecule is Cc1nnc2n1-c1c(F)cc(-c3cccnc3)cc1CC2. The Kier molecular flexibility index (Phi) is 2.60. The van der Waals surface area contributed by atoms with Crippen LogP contribution in [0.2, 0.25) is 0 Å². The Morgan fingerprint density at radius 2 is 2.05 bits per heavy atom. The number of hydrogen-bond acceptors (Lipinski definition) is 3. The number of rotatable bonds is 1. The minimum absolute atomic E-state index is 0.241. The average molecular weight is 280 g/mol. The van der Waals surface area contributed by atoms with E-state index >= 15 is 0 Å². The minimum atomic E-state index is -0.241. The first-order valence-electron chi connectivity index (χ1n) is 6.88. The van der Waals surface area contributed by atoms with Crippen molar-refractivity contribution in [3.63, 3.8) is 0 Å². The molecule has 0 fully saturated rings. The number of pyridine rings is 1. The quantitative estimate of drug-likeness (QED) is 0.688. The second kappa shape index (κ2) is 4.48. The second-order valence-corrected chi connectivity index (χ2v) is 5.21. The normalized spacial score (nSPS) is 12.9. The highest BCUT2D eigenvalue weighted by Gasteiger charge is 2.23. The second-order valence-electron chi connectivity index (χ2n) is 5.21. The standard InChI is InChI=1S/C16H13FN4/c1-10-19-20-15-5-4-11-7-13(12-3-2-6-18-9-12)8-14(17)16(11)21(10)15/h2-3,6-9H,4-5H2,1H3. The molecule has 2 aromatic heterocycles. The van der Waals surface area contributed by atoms with E-state index in [-0.39, 0.29) is 5.82 Å². The maximum absolute atomic E-state index is 14.7. The van der Waals surface area contributed by atoms with Gasteiger partial charge in [-0.1, -0.05) is 6.07 Å². The van der Waals surface area contributed by atoms with Gasteiger partial charge in [-0.3, -0.25) is 9.55 Å². The molecule has 0 saturated heterocycles. The van der Waals surface area contributed by atoms with Gasteiger partial charge in [0.05, 0.1) is 5.69 Å². The lowest BCUT2D eigenvalue weighted by molar-refractivity contribution is 0.602. The summed E-state index contributed by atoms with van der Waals surface area (Å²) < 4.78 is 16.5. The molecule has 0 saturated carbocycles. The van der Waals surface area contributed by atoms with Crippen LogP contribution in [0, 0.1) is 12.7 Å². The predicted molar refractivity (Wildman–Crippen MR) is 76.7 cm³/mol. The summed E-state index contributed by atoms with van der Waals surface area (Å²) in [4.78, 5) is 4.10. The average Bonchev–Trinajstić information content (AvgIpc) is 2.89. The molecule has 0 atom stereocenters. The van der Waals surface area contributed by atoms with Crippen molar-refractivity contribution >= 4 is 0 Å². The van der Waals surface area contributed by atoms with Crippen molar-refractivity contribution in [1.29, 1.82) is 0 Å². The molecule has 1 aliphatic rings. The molecule has 0 unspecified atom stereocenters. The van der Waals surface area contributed by atoms with Crippen molar-refractivity contribution in [1.82, 2.24) is 19.7 Å². The van der Waals surface area contributed by atoms with E-state index in [9.17, 15) is 4.39 Å². The number of nitrogens with zero attached hydrogens (tertiary/aromatic N) is 4.